The van der Waals surface area contributed by atoms with Gasteiger partial charge in [0.15, 0.2) is 0 Å². The van der Waals surface area contributed by atoms with Gasteiger partial charge in [-0.1, -0.05) is 28.1 Å². The van der Waals surface area contributed by atoms with E-state index in [9.17, 15) is 4.39 Å². The van der Waals surface area contributed by atoms with E-state index in [-0.39, 0.29) is 5.82 Å². The van der Waals surface area contributed by atoms with Crippen LogP contribution in [0.2, 0.25) is 0 Å². The molecular formula is C15H12BrFN2. The number of hydrogen-bond acceptors (Lipinski definition) is 1. The number of aryl methyl sites for hydroxylation is 1. The molecule has 0 saturated carbocycles. The Morgan fingerprint density at radius 1 is 1.16 bits per heavy atom. The van der Waals surface area contributed by atoms with E-state index in [0.717, 1.165) is 26.9 Å². The Morgan fingerprint density at radius 2 is 1.89 bits per heavy atom. The van der Waals surface area contributed by atoms with E-state index in [1.54, 1.807) is 12.1 Å². The summed E-state index contributed by atoms with van der Waals surface area (Å²) in [5.41, 5.74) is 3.11. The molecular weight excluding hydrogens is 307 g/mol. The van der Waals surface area contributed by atoms with Gasteiger partial charge in [-0.05, 0) is 42.8 Å². The standard InChI is InChI=1S/C15H12BrFN2/c1-10-18-14-7-4-12(16)8-15(14)19(10)9-11-2-5-13(17)6-3-11/h2-8H,9H2,1H3. The monoisotopic (exact) mass is 318 g/mol. The molecule has 0 aliphatic heterocycles. The number of benzene rings is 2. The molecule has 1 aromatic heterocycles. The molecule has 0 bridgehead atoms. The summed E-state index contributed by atoms with van der Waals surface area (Å²) >= 11 is 3.48. The molecule has 0 unspecified atom stereocenters. The van der Waals surface area contributed by atoms with Crippen molar-refractivity contribution in [1.29, 1.82) is 0 Å². The van der Waals surface area contributed by atoms with Crippen LogP contribution in [0.4, 0.5) is 4.39 Å². The number of aromatic nitrogens is 2. The predicted molar refractivity (Wildman–Crippen MR) is 77.7 cm³/mol. The Balaban J connectivity index is 2.06. The van der Waals surface area contributed by atoms with Crippen molar-refractivity contribution in [2.75, 3.05) is 0 Å². The Kier molecular flexibility index (Phi) is 3.11. The number of fused-ring (bicyclic) bond motifs is 1. The molecule has 0 N–H and O–H groups in total. The maximum absolute atomic E-state index is 12.9. The summed E-state index contributed by atoms with van der Waals surface area (Å²) in [7, 11) is 0. The van der Waals surface area contributed by atoms with Crippen LogP contribution in [0.25, 0.3) is 11.0 Å². The molecule has 19 heavy (non-hydrogen) atoms. The lowest BCUT2D eigenvalue weighted by Gasteiger charge is -2.07. The average Bonchev–Trinajstić information content (AvgIpc) is 2.69. The lowest BCUT2D eigenvalue weighted by atomic mass is 10.2. The number of imidazole rings is 1. The zero-order chi connectivity index (χ0) is 13.4. The van der Waals surface area contributed by atoms with Crippen LogP contribution in [-0.4, -0.2) is 9.55 Å². The molecule has 2 nitrogen and oxygen atoms in total. The first kappa shape index (κ1) is 12.4. The fraction of sp³-hybridized carbons (Fsp3) is 0.133. The molecule has 0 aliphatic carbocycles. The molecule has 0 atom stereocenters. The Labute approximate surface area is 119 Å². The molecule has 0 fully saturated rings. The van der Waals surface area contributed by atoms with E-state index in [0.29, 0.717) is 6.54 Å². The van der Waals surface area contributed by atoms with Crippen LogP contribution in [0.5, 0.6) is 0 Å². The van der Waals surface area contributed by atoms with Gasteiger partial charge < -0.3 is 4.57 Å². The molecule has 0 saturated heterocycles. The zero-order valence-electron chi connectivity index (χ0n) is 10.4. The van der Waals surface area contributed by atoms with Gasteiger partial charge in [-0.3, -0.25) is 0 Å². The van der Waals surface area contributed by atoms with Crippen molar-refractivity contribution < 1.29 is 4.39 Å². The van der Waals surface area contributed by atoms with E-state index in [1.165, 1.54) is 12.1 Å². The van der Waals surface area contributed by atoms with Crippen LogP contribution >= 0.6 is 15.9 Å². The second-order valence-electron chi connectivity index (χ2n) is 4.50. The summed E-state index contributed by atoms with van der Waals surface area (Å²) in [6.45, 7) is 2.68. The lowest BCUT2D eigenvalue weighted by molar-refractivity contribution is 0.626. The van der Waals surface area contributed by atoms with Gasteiger partial charge in [0.2, 0.25) is 0 Å². The summed E-state index contributed by atoms with van der Waals surface area (Å²) in [4.78, 5) is 4.54. The molecule has 0 amide bonds. The van der Waals surface area contributed by atoms with Gasteiger partial charge in [0.05, 0.1) is 11.0 Å². The van der Waals surface area contributed by atoms with E-state index >= 15 is 0 Å². The van der Waals surface area contributed by atoms with Crippen LogP contribution in [0.1, 0.15) is 11.4 Å². The van der Waals surface area contributed by atoms with E-state index in [2.05, 4.69) is 31.5 Å². The first-order valence-corrected chi connectivity index (χ1v) is 6.79. The third-order valence-corrected chi connectivity index (χ3v) is 3.65. The fourth-order valence-electron chi connectivity index (χ4n) is 2.19. The predicted octanol–water partition coefficient (Wildman–Crippen LogP) is 4.29. The maximum Gasteiger partial charge on any atom is 0.123 e. The molecule has 3 aromatic rings. The molecule has 2 aromatic carbocycles. The molecule has 0 radical (unpaired) electrons. The molecule has 0 aliphatic rings. The Morgan fingerprint density at radius 3 is 2.63 bits per heavy atom. The van der Waals surface area contributed by atoms with Crippen LogP contribution in [0, 0.1) is 12.7 Å². The first-order valence-electron chi connectivity index (χ1n) is 6.00. The van der Waals surface area contributed by atoms with Crippen molar-refractivity contribution in [3.8, 4) is 0 Å². The third kappa shape index (κ3) is 2.40. The van der Waals surface area contributed by atoms with Crippen molar-refractivity contribution in [3.63, 3.8) is 0 Å². The summed E-state index contributed by atoms with van der Waals surface area (Å²) in [6.07, 6.45) is 0. The molecule has 96 valence electrons. The second-order valence-corrected chi connectivity index (χ2v) is 5.42. The normalized spacial score (nSPS) is 11.1. The van der Waals surface area contributed by atoms with Crippen molar-refractivity contribution in [2.45, 2.75) is 13.5 Å². The molecule has 1 heterocycles. The van der Waals surface area contributed by atoms with Crippen molar-refractivity contribution >= 4 is 27.0 Å². The van der Waals surface area contributed by atoms with Gasteiger partial charge in [0.1, 0.15) is 11.6 Å². The topological polar surface area (TPSA) is 17.8 Å². The van der Waals surface area contributed by atoms with Gasteiger partial charge in [0.25, 0.3) is 0 Å². The highest BCUT2D eigenvalue weighted by Crippen LogP contribution is 2.22. The number of nitrogens with zero attached hydrogens (tertiary/aromatic N) is 2. The zero-order valence-corrected chi connectivity index (χ0v) is 12.0. The maximum atomic E-state index is 12.9. The minimum atomic E-state index is -0.210. The second kappa shape index (κ2) is 4.78. The summed E-state index contributed by atoms with van der Waals surface area (Å²) in [6, 6.07) is 12.6. The first-order chi connectivity index (χ1) is 9.13. The highest BCUT2D eigenvalue weighted by Gasteiger charge is 2.08. The van der Waals surface area contributed by atoms with Crippen molar-refractivity contribution in [1.82, 2.24) is 9.55 Å². The van der Waals surface area contributed by atoms with Gasteiger partial charge in [-0.15, -0.1) is 0 Å². The summed E-state index contributed by atoms with van der Waals surface area (Å²) in [5, 5.41) is 0. The van der Waals surface area contributed by atoms with E-state index in [1.807, 2.05) is 19.1 Å². The molecule has 3 rings (SSSR count). The number of rotatable bonds is 2. The summed E-state index contributed by atoms with van der Waals surface area (Å²) < 4.78 is 16.1. The summed E-state index contributed by atoms with van der Waals surface area (Å²) in [5.74, 6) is 0.746. The van der Waals surface area contributed by atoms with Gasteiger partial charge >= 0.3 is 0 Å². The van der Waals surface area contributed by atoms with Crippen LogP contribution < -0.4 is 0 Å². The minimum Gasteiger partial charge on any atom is -0.324 e. The van der Waals surface area contributed by atoms with Crippen LogP contribution in [0.3, 0.4) is 0 Å². The SMILES string of the molecule is Cc1nc2ccc(Br)cc2n1Cc1ccc(F)cc1. The highest BCUT2D eigenvalue weighted by atomic mass is 79.9. The van der Waals surface area contributed by atoms with E-state index < -0.39 is 0 Å². The van der Waals surface area contributed by atoms with E-state index in [4.69, 9.17) is 0 Å². The number of halogens is 2. The minimum absolute atomic E-state index is 0.210. The highest BCUT2D eigenvalue weighted by molar-refractivity contribution is 9.10. The van der Waals surface area contributed by atoms with Crippen molar-refractivity contribution in [2.24, 2.45) is 0 Å². The van der Waals surface area contributed by atoms with Gasteiger partial charge in [0, 0.05) is 11.0 Å². The number of hydrogen-bond donors (Lipinski definition) is 0. The third-order valence-electron chi connectivity index (χ3n) is 3.16. The average molecular weight is 319 g/mol. The van der Waals surface area contributed by atoms with Gasteiger partial charge in [-0.25, -0.2) is 9.37 Å². The molecule has 0 spiro atoms. The fourth-order valence-corrected chi connectivity index (χ4v) is 2.54. The largest absolute Gasteiger partial charge is 0.324 e. The smallest absolute Gasteiger partial charge is 0.123 e. The Bertz CT molecular complexity index is 732. The lowest BCUT2D eigenvalue weighted by Crippen LogP contribution is -2.01. The van der Waals surface area contributed by atoms with Crippen molar-refractivity contribution in [3.05, 3.63) is 64.1 Å². The van der Waals surface area contributed by atoms with Crippen LogP contribution in [-0.2, 0) is 6.54 Å². The van der Waals surface area contributed by atoms with Crippen LogP contribution in [0.15, 0.2) is 46.9 Å². The molecule has 4 heteroatoms. The Hall–Kier alpha value is -1.68. The quantitative estimate of drug-likeness (QED) is 0.689. The van der Waals surface area contributed by atoms with Gasteiger partial charge in [-0.2, -0.15) is 0 Å².